The Kier molecular flexibility index (Phi) is 9.78. The highest BCUT2D eigenvalue weighted by molar-refractivity contribution is 5.85. The van der Waals surface area contributed by atoms with Crippen LogP contribution in [0.2, 0.25) is 0 Å². The first-order valence-corrected chi connectivity index (χ1v) is 8.89. The Morgan fingerprint density at radius 2 is 1.73 bits per heavy atom. The molecular weight excluding hydrogens is 348 g/mol. The lowest BCUT2D eigenvalue weighted by molar-refractivity contribution is -0.123. The topological polar surface area (TPSA) is 64.4 Å². The normalized spacial score (nSPS) is 12.6. The molecule has 0 radical (unpaired) electrons. The number of hydrogen-bond acceptors (Lipinski definition) is 3. The van der Waals surface area contributed by atoms with E-state index in [0.717, 1.165) is 29.7 Å². The maximum Gasteiger partial charge on any atom is 0.237 e. The van der Waals surface area contributed by atoms with Gasteiger partial charge in [-0.15, -0.1) is 12.4 Å². The van der Waals surface area contributed by atoms with E-state index in [1.54, 1.807) is 0 Å². The Balaban J connectivity index is 0.00000338. The molecule has 0 saturated carbocycles. The third kappa shape index (κ3) is 7.06. The molecule has 1 amide bonds. The molecule has 0 saturated heterocycles. The fourth-order valence-electron chi connectivity index (χ4n) is 2.45. The zero-order valence-corrected chi connectivity index (χ0v) is 16.3. The summed E-state index contributed by atoms with van der Waals surface area (Å²) in [5.74, 6) is 0.966. The van der Waals surface area contributed by atoms with Gasteiger partial charge in [0, 0.05) is 6.54 Å². The van der Waals surface area contributed by atoms with E-state index in [-0.39, 0.29) is 24.2 Å². The average Bonchev–Trinajstić information content (AvgIpc) is 2.66. The van der Waals surface area contributed by atoms with Crippen LogP contribution in [0.4, 0.5) is 0 Å². The summed E-state index contributed by atoms with van der Waals surface area (Å²) in [5, 5.41) is 2.91. The summed E-state index contributed by atoms with van der Waals surface area (Å²) in [5.41, 5.74) is 8.23. The van der Waals surface area contributed by atoms with Crippen molar-refractivity contribution in [2.24, 2.45) is 11.7 Å². The number of carbonyl (C=O) groups is 1. The molecule has 0 aliphatic carbocycles. The molecule has 0 fully saturated rings. The van der Waals surface area contributed by atoms with Gasteiger partial charge in [-0.3, -0.25) is 4.79 Å². The van der Waals surface area contributed by atoms with Crippen molar-refractivity contribution >= 4 is 18.3 Å². The van der Waals surface area contributed by atoms with Gasteiger partial charge in [0.1, 0.15) is 12.4 Å². The smallest absolute Gasteiger partial charge is 0.237 e. The van der Waals surface area contributed by atoms with Gasteiger partial charge >= 0.3 is 0 Å². The van der Waals surface area contributed by atoms with Gasteiger partial charge in [-0.2, -0.15) is 0 Å². The van der Waals surface area contributed by atoms with E-state index in [1.807, 2.05) is 68.4 Å². The predicted molar refractivity (Wildman–Crippen MR) is 109 cm³/mol. The Bertz CT molecular complexity index is 647. The molecule has 2 atom stereocenters. The third-order valence-electron chi connectivity index (χ3n) is 4.44. The van der Waals surface area contributed by atoms with Gasteiger partial charge in [0.05, 0.1) is 6.04 Å². The molecule has 0 bridgehead atoms. The molecule has 4 nitrogen and oxygen atoms in total. The molecular formula is C21H29ClN2O2. The number of amides is 1. The molecule has 26 heavy (non-hydrogen) atoms. The van der Waals surface area contributed by atoms with Gasteiger partial charge in [-0.1, -0.05) is 62.7 Å². The molecule has 0 aliphatic rings. The van der Waals surface area contributed by atoms with Crippen LogP contribution in [0.1, 0.15) is 31.4 Å². The number of rotatable bonds is 9. The first kappa shape index (κ1) is 22.0. The van der Waals surface area contributed by atoms with E-state index in [0.29, 0.717) is 13.2 Å². The van der Waals surface area contributed by atoms with Crippen molar-refractivity contribution in [2.75, 3.05) is 6.54 Å². The largest absolute Gasteiger partial charge is 0.489 e. The van der Waals surface area contributed by atoms with E-state index in [4.69, 9.17) is 10.5 Å². The minimum atomic E-state index is -0.432. The van der Waals surface area contributed by atoms with Crippen LogP contribution in [0.25, 0.3) is 0 Å². The van der Waals surface area contributed by atoms with E-state index in [9.17, 15) is 4.79 Å². The van der Waals surface area contributed by atoms with E-state index < -0.39 is 6.04 Å². The molecule has 0 aromatic heterocycles. The predicted octanol–water partition coefficient (Wildman–Crippen LogP) is 3.72. The van der Waals surface area contributed by atoms with Crippen molar-refractivity contribution in [3.8, 4) is 5.75 Å². The number of nitrogens with one attached hydrogen (secondary N) is 1. The van der Waals surface area contributed by atoms with Crippen molar-refractivity contribution in [2.45, 2.75) is 39.3 Å². The lowest BCUT2D eigenvalue weighted by atomic mass is 9.99. The first-order valence-electron chi connectivity index (χ1n) is 8.89. The first-order chi connectivity index (χ1) is 12.1. The minimum absolute atomic E-state index is 0. The van der Waals surface area contributed by atoms with Crippen LogP contribution in [0.3, 0.4) is 0 Å². The molecule has 5 heteroatoms. The second kappa shape index (κ2) is 11.6. The van der Waals surface area contributed by atoms with Crippen LogP contribution in [0, 0.1) is 5.92 Å². The maximum atomic E-state index is 12.0. The van der Waals surface area contributed by atoms with Crippen LogP contribution in [-0.4, -0.2) is 18.5 Å². The van der Waals surface area contributed by atoms with Gasteiger partial charge in [-0.25, -0.2) is 0 Å². The van der Waals surface area contributed by atoms with Crippen LogP contribution >= 0.6 is 12.4 Å². The highest BCUT2D eigenvalue weighted by atomic mass is 35.5. The van der Waals surface area contributed by atoms with Gasteiger partial charge < -0.3 is 15.8 Å². The Labute approximate surface area is 162 Å². The van der Waals surface area contributed by atoms with Crippen LogP contribution in [0.15, 0.2) is 54.6 Å². The summed E-state index contributed by atoms with van der Waals surface area (Å²) in [4.78, 5) is 12.0. The number of benzene rings is 2. The summed E-state index contributed by atoms with van der Waals surface area (Å²) in [6.45, 7) is 5.19. The second-order valence-corrected chi connectivity index (χ2v) is 6.37. The van der Waals surface area contributed by atoms with Gasteiger partial charge in [0.15, 0.2) is 0 Å². The average molecular weight is 377 g/mol. The SMILES string of the molecule is CCC(C)C(N)C(=O)NCCc1ccc(OCc2ccccc2)cc1.Cl. The molecule has 2 aromatic carbocycles. The van der Waals surface area contributed by atoms with Crippen molar-refractivity contribution in [3.63, 3.8) is 0 Å². The van der Waals surface area contributed by atoms with Gasteiger partial charge in [0.2, 0.25) is 5.91 Å². The Hall–Kier alpha value is -2.04. The lowest BCUT2D eigenvalue weighted by Gasteiger charge is -2.17. The number of nitrogens with two attached hydrogens (primary N) is 1. The fraction of sp³-hybridized carbons (Fsp3) is 0.381. The van der Waals surface area contributed by atoms with E-state index >= 15 is 0 Å². The van der Waals surface area contributed by atoms with Crippen LogP contribution in [-0.2, 0) is 17.8 Å². The monoisotopic (exact) mass is 376 g/mol. The Morgan fingerprint density at radius 3 is 2.35 bits per heavy atom. The van der Waals surface area contributed by atoms with Crippen molar-refractivity contribution in [1.29, 1.82) is 0 Å². The minimum Gasteiger partial charge on any atom is -0.489 e. The molecule has 0 heterocycles. The summed E-state index contributed by atoms with van der Waals surface area (Å²) in [6, 6.07) is 17.6. The van der Waals surface area contributed by atoms with E-state index in [2.05, 4.69) is 5.32 Å². The number of ether oxygens (including phenoxy) is 1. The summed E-state index contributed by atoms with van der Waals surface area (Å²) < 4.78 is 5.77. The highest BCUT2D eigenvalue weighted by Gasteiger charge is 2.18. The highest BCUT2D eigenvalue weighted by Crippen LogP contribution is 2.14. The number of carbonyl (C=O) groups excluding carboxylic acids is 1. The fourth-order valence-corrected chi connectivity index (χ4v) is 2.45. The molecule has 0 spiro atoms. The molecule has 2 unspecified atom stereocenters. The molecule has 2 rings (SSSR count). The van der Waals surface area contributed by atoms with Crippen molar-refractivity contribution in [1.82, 2.24) is 5.32 Å². The molecule has 142 valence electrons. The number of halogens is 1. The maximum absolute atomic E-state index is 12.0. The lowest BCUT2D eigenvalue weighted by Crippen LogP contribution is -2.45. The molecule has 2 aromatic rings. The quantitative estimate of drug-likeness (QED) is 0.701. The zero-order chi connectivity index (χ0) is 18.1. The molecule has 3 N–H and O–H groups in total. The van der Waals surface area contributed by atoms with Gasteiger partial charge in [-0.05, 0) is 35.6 Å². The Morgan fingerprint density at radius 1 is 1.08 bits per heavy atom. The van der Waals surface area contributed by atoms with Crippen LogP contribution in [0.5, 0.6) is 5.75 Å². The van der Waals surface area contributed by atoms with Crippen molar-refractivity contribution < 1.29 is 9.53 Å². The van der Waals surface area contributed by atoms with Crippen molar-refractivity contribution in [3.05, 3.63) is 65.7 Å². The van der Waals surface area contributed by atoms with Gasteiger partial charge in [0.25, 0.3) is 0 Å². The van der Waals surface area contributed by atoms with E-state index in [1.165, 1.54) is 0 Å². The summed E-state index contributed by atoms with van der Waals surface area (Å²) >= 11 is 0. The molecule has 0 aliphatic heterocycles. The second-order valence-electron chi connectivity index (χ2n) is 6.37. The third-order valence-corrected chi connectivity index (χ3v) is 4.44. The number of hydrogen-bond donors (Lipinski definition) is 2. The zero-order valence-electron chi connectivity index (χ0n) is 15.5. The summed E-state index contributed by atoms with van der Waals surface area (Å²) in [6.07, 6.45) is 1.68. The summed E-state index contributed by atoms with van der Waals surface area (Å²) in [7, 11) is 0. The standard InChI is InChI=1S/C21H28N2O2.ClH/c1-3-16(2)20(22)21(24)23-14-13-17-9-11-19(12-10-17)25-15-18-7-5-4-6-8-18;/h4-12,16,20H,3,13-15,22H2,1-2H3,(H,23,24);1H. The van der Waals surface area contributed by atoms with Crippen LogP contribution < -0.4 is 15.8 Å².